The molecule has 0 saturated heterocycles. The Hall–Kier alpha value is 1.12. The second-order valence-electron chi connectivity index (χ2n) is 0.962. The summed E-state index contributed by atoms with van der Waals surface area (Å²) in [4.78, 5) is 0. The van der Waals surface area contributed by atoms with Crippen LogP contribution in [0.4, 0.5) is 0 Å². The minimum Gasteiger partial charge on any atom is -0.188 e. The maximum absolute atomic E-state index is 5.09. The first-order chi connectivity index (χ1) is 2.81. The molecule has 0 aromatic rings. The molecule has 6 heteroatoms. The fourth-order valence-electron chi connectivity index (χ4n) is 0.0642. The Morgan fingerprint density at radius 3 is 2.17 bits per heavy atom. The van der Waals surface area contributed by atoms with Crippen molar-refractivity contribution >= 4 is 46.1 Å². The van der Waals surface area contributed by atoms with Crippen molar-refractivity contribution in [2.75, 3.05) is 0 Å². The first-order valence-corrected chi connectivity index (χ1v) is 3.00. The van der Waals surface area contributed by atoms with Crippen molar-refractivity contribution < 1.29 is 0 Å². The Morgan fingerprint density at radius 2 is 2.17 bits per heavy atom. The molecule has 0 N–H and O–H groups in total. The van der Waals surface area contributed by atoms with Gasteiger partial charge in [-0.05, 0) is 0 Å². The highest BCUT2D eigenvalue weighted by Crippen LogP contribution is 1.90. The first kappa shape index (κ1) is 7.12. The number of hydrogen-bond donors (Lipinski definition) is 0. The van der Waals surface area contributed by atoms with Crippen molar-refractivity contribution in [3.05, 3.63) is 0 Å². The van der Waals surface area contributed by atoms with Gasteiger partial charge in [0.15, 0.2) is 0 Å². The molecule has 0 fully saturated rings. The molecule has 4 radical (unpaired) electrons. The van der Waals surface area contributed by atoms with Gasteiger partial charge in [-0.1, -0.05) is 0 Å². The molecular formula is H4B4P2. The predicted octanol–water partition coefficient (Wildman–Crippen LogP) is -0.872. The third kappa shape index (κ3) is 3.32. The Bertz CT molecular complexity index is 24.7. The van der Waals surface area contributed by atoms with E-state index in [1.807, 2.05) is 6.89 Å². The van der Waals surface area contributed by atoms with Crippen LogP contribution in [0.2, 0.25) is 0 Å². The third-order valence-corrected chi connectivity index (χ3v) is 1.78. The number of rotatable bonds is 2. The summed E-state index contributed by atoms with van der Waals surface area (Å²) in [5.41, 5.74) is 0. The summed E-state index contributed by atoms with van der Waals surface area (Å²) in [6.45, 7) is 1.92. The topological polar surface area (TPSA) is 0 Å². The van der Waals surface area contributed by atoms with E-state index in [1.54, 1.807) is 7.06 Å². The highest BCUT2D eigenvalue weighted by Gasteiger charge is 1.96. The zero-order valence-electron chi connectivity index (χ0n) is 3.46. The van der Waals surface area contributed by atoms with Crippen molar-refractivity contribution in [3.8, 4) is 0 Å². The van der Waals surface area contributed by atoms with E-state index in [1.165, 1.54) is 0 Å². The zero-order chi connectivity index (χ0) is 4.99. The van der Waals surface area contributed by atoms with Gasteiger partial charge in [0, 0.05) is 14.8 Å². The molecule has 0 aromatic carbocycles. The van der Waals surface area contributed by atoms with Crippen molar-refractivity contribution in [1.82, 2.24) is 0 Å². The van der Waals surface area contributed by atoms with E-state index in [9.17, 15) is 0 Å². The van der Waals surface area contributed by atoms with Gasteiger partial charge >= 0.3 is 0 Å². The average molecular weight is 109 g/mol. The molecule has 0 aliphatic heterocycles. The molecule has 6 heavy (non-hydrogen) atoms. The lowest BCUT2D eigenvalue weighted by Gasteiger charge is -1.91. The molecule has 2 atom stereocenters. The standard InChI is InChI=1S/B4H4P2/c1-2-4(6)3-5/h5-6H2. The Morgan fingerprint density at radius 1 is 1.67 bits per heavy atom. The van der Waals surface area contributed by atoms with Crippen LogP contribution >= 0.6 is 18.2 Å². The lowest BCUT2D eigenvalue weighted by molar-refractivity contribution is 3.95. The van der Waals surface area contributed by atoms with E-state index in [4.69, 9.17) is 7.74 Å². The maximum atomic E-state index is 5.09. The van der Waals surface area contributed by atoms with Gasteiger partial charge < -0.3 is 0 Å². The van der Waals surface area contributed by atoms with Crippen LogP contribution in [-0.4, -0.2) is 27.9 Å². The van der Waals surface area contributed by atoms with Gasteiger partial charge in [-0.2, -0.15) is 18.2 Å². The van der Waals surface area contributed by atoms with E-state index in [0.29, 0.717) is 6.21 Å². The molecule has 0 rings (SSSR count). The van der Waals surface area contributed by atoms with Crippen LogP contribution in [0.5, 0.6) is 0 Å². The molecule has 26 valence electrons. The van der Waals surface area contributed by atoms with E-state index in [0.717, 1.165) is 0 Å². The maximum Gasteiger partial charge on any atom is 0.0982 e. The number of hydrogen-bond acceptors (Lipinski definition) is 0. The largest absolute Gasteiger partial charge is 0.188 e. The monoisotopic (exact) mass is 110 g/mol. The summed E-state index contributed by atoms with van der Waals surface area (Å²) in [6.07, 6.45) is 0.343. The fraction of sp³-hybridized carbons (Fsp3) is 0. The zero-order valence-corrected chi connectivity index (χ0v) is 5.77. The van der Waals surface area contributed by atoms with Crippen molar-refractivity contribution in [2.24, 2.45) is 0 Å². The highest BCUT2D eigenvalue weighted by atomic mass is 31.0. The van der Waals surface area contributed by atoms with Gasteiger partial charge in [-0.3, -0.25) is 0 Å². The highest BCUT2D eigenvalue weighted by molar-refractivity contribution is 8.00. The van der Waals surface area contributed by atoms with E-state index >= 15 is 0 Å². The minimum atomic E-state index is 0.343. The fourth-order valence-corrected chi connectivity index (χ4v) is 0.192. The average Bonchev–Trinajstić information content (AvgIpc) is 1.65. The van der Waals surface area contributed by atoms with Crippen LogP contribution in [0.3, 0.4) is 0 Å². The van der Waals surface area contributed by atoms with Gasteiger partial charge in [0.05, 0.1) is 13.1 Å². The van der Waals surface area contributed by atoms with Crippen molar-refractivity contribution in [1.29, 1.82) is 0 Å². The van der Waals surface area contributed by atoms with Crippen LogP contribution in [0, 0.1) is 0 Å². The van der Waals surface area contributed by atoms with Crippen LogP contribution in [0.15, 0.2) is 0 Å². The molecule has 0 amide bonds. The molecule has 0 aromatic heterocycles. The molecule has 0 saturated carbocycles. The minimum absolute atomic E-state index is 0.343. The summed E-state index contributed by atoms with van der Waals surface area (Å²) in [5, 5.41) is 0. The van der Waals surface area contributed by atoms with E-state index < -0.39 is 0 Å². The van der Waals surface area contributed by atoms with Gasteiger partial charge in [-0.15, -0.1) is 0 Å². The van der Waals surface area contributed by atoms with Crippen molar-refractivity contribution in [2.45, 2.75) is 0 Å². The summed E-state index contributed by atoms with van der Waals surface area (Å²) in [6, 6.07) is 0. The summed E-state index contributed by atoms with van der Waals surface area (Å²) >= 11 is 0. The second-order valence-corrected chi connectivity index (χ2v) is 2.12. The molecule has 0 nitrogen and oxygen atoms in total. The normalized spacial score (nSPS) is 7.00. The van der Waals surface area contributed by atoms with Crippen molar-refractivity contribution in [3.63, 3.8) is 0 Å². The second kappa shape index (κ2) is 4.28. The van der Waals surface area contributed by atoms with Crippen LogP contribution in [-0.2, 0) is 0 Å². The lowest BCUT2D eigenvalue weighted by Crippen LogP contribution is -2.18. The molecule has 0 heterocycles. The Kier molecular flexibility index (Phi) is 5.08. The molecule has 0 aliphatic carbocycles. The summed E-state index contributed by atoms with van der Waals surface area (Å²) in [7, 11) is 11.7. The molecule has 0 aliphatic rings. The lowest BCUT2D eigenvalue weighted by atomic mass is 9.17. The van der Waals surface area contributed by atoms with Gasteiger partial charge in [0.2, 0.25) is 0 Å². The first-order valence-electron chi connectivity index (χ1n) is 1.67. The molecule has 2 unspecified atom stereocenters. The summed E-state index contributed by atoms with van der Waals surface area (Å²) < 4.78 is 0. The molecule has 0 spiro atoms. The van der Waals surface area contributed by atoms with Gasteiger partial charge in [0.25, 0.3) is 0 Å². The third-order valence-electron chi connectivity index (χ3n) is 0.444. The smallest absolute Gasteiger partial charge is 0.0982 e. The van der Waals surface area contributed by atoms with Gasteiger partial charge in [-0.25, -0.2) is 0 Å². The summed E-state index contributed by atoms with van der Waals surface area (Å²) in [5.74, 6) is 0. The van der Waals surface area contributed by atoms with Crippen LogP contribution in [0.1, 0.15) is 0 Å². The van der Waals surface area contributed by atoms with E-state index in [-0.39, 0.29) is 0 Å². The van der Waals surface area contributed by atoms with Crippen LogP contribution < -0.4 is 0 Å². The predicted molar refractivity (Wildman–Crippen MR) is 42.4 cm³/mol. The van der Waals surface area contributed by atoms with E-state index in [2.05, 4.69) is 18.2 Å². The molecular weight excluding hydrogens is 105 g/mol. The van der Waals surface area contributed by atoms with Crippen LogP contribution in [0.25, 0.3) is 0 Å². The Balaban J connectivity index is 2.75. The quantitative estimate of drug-likeness (QED) is 0.319. The molecule has 0 bridgehead atoms. The SMILES string of the molecule is [B][B]B(P)[B]P. The van der Waals surface area contributed by atoms with Gasteiger partial charge in [0.1, 0.15) is 0 Å². The Labute approximate surface area is 46.8 Å².